The monoisotopic (exact) mass is 194 g/mol. The highest BCUT2D eigenvalue weighted by atomic mass is 19.1. The molecule has 0 saturated heterocycles. The summed E-state index contributed by atoms with van der Waals surface area (Å²) in [6, 6.07) is 0. The normalized spacial score (nSPS) is 10.4. The minimum absolute atomic E-state index is 0.264. The number of rotatable bonds is 1. The molecule has 2 aromatic rings. The number of methoxy groups -OCH3 is 1. The van der Waals surface area contributed by atoms with E-state index in [1.807, 2.05) is 0 Å². The predicted molar refractivity (Wildman–Crippen MR) is 47.4 cm³/mol. The third kappa shape index (κ3) is 1.14. The molecule has 1 N–H and O–H groups in total. The van der Waals surface area contributed by atoms with Gasteiger partial charge in [0.05, 0.1) is 24.4 Å². The molecule has 2 aromatic heterocycles. The second-order valence-corrected chi connectivity index (χ2v) is 2.74. The van der Waals surface area contributed by atoms with Crippen molar-refractivity contribution in [3.8, 4) is 0 Å². The number of nitrogens with zero attached hydrogens (tertiary/aromatic N) is 1. The summed E-state index contributed by atoms with van der Waals surface area (Å²) in [4.78, 5) is 17.5. The lowest BCUT2D eigenvalue weighted by atomic mass is 10.2. The third-order valence-corrected chi connectivity index (χ3v) is 1.96. The molecule has 4 nitrogen and oxygen atoms in total. The van der Waals surface area contributed by atoms with Gasteiger partial charge in [0, 0.05) is 17.8 Å². The summed E-state index contributed by atoms with van der Waals surface area (Å²) in [5, 5.41) is 0.428. The van der Waals surface area contributed by atoms with E-state index in [0.29, 0.717) is 5.39 Å². The number of ether oxygens (including phenoxy) is 1. The van der Waals surface area contributed by atoms with Crippen LogP contribution < -0.4 is 0 Å². The Labute approximate surface area is 78.7 Å². The Bertz CT molecular complexity index is 493. The Morgan fingerprint density at radius 2 is 2.36 bits per heavy atom. The van der Waals surface area contributed by atoms with Gasteiger partial charge in [-0.15, -0.1) is 0 Å². The van der Waals surface area contributed by atoms with Gasteiger partial charge in [0.15, 0.2) is 5.82 Å². The van der Waals surface area contributed by atoms with Crippen molar-refractivity contribution in [2.75, 3.05) is 7.11 Å². The molecule has 0 spiro atoms. The zero-order valence-electron chi connectivity index (χ0n) is 7.37. The van der Waals surface area contributed by atoms with E-state index in [-0.39, 0.29) is 11.1 Å². The van der Waals surface area contributed by atoms with Crippen molar-refractivity contribution in [2.24, 2.45) is 0 Å². The topological polar surface area (TPSA) is 55.0 Å². The van der Waals surface area contributed by atoms with Crippen LogP contribution in [0.5, 0.6) is 0 Å². The van der Waals surface area contributed by atoms with E-state index >= 15 is 0 Å². The van der Waals surface area contributed by atoms with Crippen LogP contribution >= 0.6 is 0 Å². The van der Waals surface area contributed by atoms with Gasteiger partial charge < -0.3 is 9.72 Å². The lowest BCUT2D eigenvalue weighted by Gasteiger charge is -1.95. The van der Waals surface area contributed by atoms with Crippen LogP contribution in [0.2, 0.25) is 0 Å². The van der Waals surface area contributed by atoms with Crippen LogP contribution in [0.15, 0.2) is 18.6 Å². The number of halogens is 1. The molecule has 0 fully saturated rings. The molecule has 0 atom stereocenters. The van der Waals surface area contributed by atoms with Gasteiger partial charge in [0.25, 0.3) is 0 Å². The Morgan fingerprint density at radius 3 is 3.07 bits per heavy atom. The van der Waals surface area contributed by atoms with Crippen molar-refractivity contribution in [2.45, 2.75) is 0 Å². The van der Waals surface area contributed by atoms with Gasteiger partial charge in [-0.25, -0.2) is 9.18 Å². The van der Waals surface area contributed by atoms with E-state index in [0.717, 1.165) is 6.20 Å². The summed E-state index contributed by atoms with van der Waals surface area (Å²) >= 11 is 0. The van der Waals surface area contributed by atoms with Crippen LogP contribution in [-0.2, 0) is 4.74 Å². The second kappa shape index (κ2) is 3.10. The van der Waals surface area contributed by atoms with E-state index < -0.39 is 11.8 Å². The lowest BCUT2D eigenvalue weighted by molar-refractivity contribution is 0.0603. The maximum Gasteiger partial charge on any atom is 0.340 e. The molecule has 5 heteroatoms. The van der Waals surface area contributed by atoms with Crippen LogP contribution in [0.1, 0.15) is 10.4 Å². The fraction of sp³-hybridized carbons (Fsp3) is 0.111. The minimum atomic E-state index is -0.511. The average molecular weight is 194 g/mol. The Kier molecular flexibility index (Phi) is 1.92. The number of pyridine rings is 1. The summed E-state index contributed by atoms with van der Waals surface area (Å²) in [7, 11) is 1.27. The first-order valence-electron chi connectivity index (χ1n) is 3.93. The lowest BCUT2D eigenvalue weighted by Crippen LogP contribution is -1.99. The first kappa shape index (κ1) is 8.68. The van der Waals surface area contributed by atoms with Gasteiger partial charge in [0.1, 0.15) is 0 Å². The number of hydrogen-bond acceptors (Lipinski definition) is 3. The maximum absolute atomic E-state index is 13.1. The number of carbonyl (C=O) groups is 1. The zero-order valence-corrected chi connectivity index (χ0v) is 7.37. The van der Waals surface area contributed by atoms with Crippen LogP contribution in [0.25, 0.3) is 10.9 Å². The number of esters is 1. The summed E-state index contributed by atoms with van der Waals surface area (Å²) < 4.78 is 17.7. The highest BCUT2D eigenvalue weighted by molar-refractivity contribution is 6.03. The van der Waals surface area contributed by atoms with E-state index in [4.69, 9.17) is 0 Å². The summed E-state index contributed by atoms with van der Waals surface area (Å²) in [6.07, 6.45) is 3.91. The summed E-state index contributed by atoms with van der Waals surface area (Å²) in [5.41, 5.74) is 0.551. The van der Waals surface area contributed by atoms with E-state index in [1.165, 1.54) is 19.5 Å². The molecule has 0 bridgehead atoms. The Balaban J connectivity index is 2.70. The highest BCUT2D eigenvalue weighted by Crippen LogP contribution is 2.19. The molecule has 0 unspecified atom stereocenters. The third-order valence-electron chi connectivity index (χ3n) is 1.96. The van der Waals surface area contributed by atoms with E-state index in [9.17, 15) is 9.18 Å². The highest BCUT2D eigenvalue weighted by Gasteiger charge is 2.14. The number of fused-ring (bicyclic) bond motifs is 1. The van der Waals surface area contributed by atoms with Gasteiger partial charge in [-0.05, 0) is 0 Å². The number of aromatic nitrogens is 2. The summed E-state index contributed by atoms with van der Waals surface area (Å²) in [5.74, 6) is -0.999. The van der Waals surface area contributed by atoms with Crippen LogP contribution in [-0.4, -0.2) is 23.0 Å². The van der Waals surface area contributed by atoms with Gasteiger partial charge in [0.2, 0.25) is 0 Å². The molecule has 0 aliphatic rings. The number of H-pyrrole nitrogens is 1. The van der Waals surface area contributed by atoms with Crippen molar-refractivity contribution in [3.05, 3.63) is 30.0 Å². The Morgan fingerprint density at radius 1 is 1.57 bits per heavy atom. The van der Waals surface area contributed by atoms with E-state index in [2.05, 4.69) is 14.7 Å². The molecule has 0 saturated carbocycles. The largest absolute Gasteiger partial charge is 0.465 e. The molecule has 72 valence electrons. The van der Waals surface area contributed by atoms with Crippen LogP contribution in [0, 0.1) is 5.82 Å². The van der Waals surface area contributed by atoms with Crippen LogP contribution in [0.3, 0.4) is 0 Å². The summed E-state index contributed by atoms with van der Waals surface area (Å²) in [6.45, 7) is 0. The molecular formula is C9H7FN2O2. The molecule has 0 aliphatic carbocycles. The van der Waals surface area contributed by atoms with Crippen molar-refractivity contribution >= 4 is 16.9 Å². The van der Waals surface area contributed by atoms with Crippen molar-refractivity contribution in [3.63, 3.8) is 0 Å². The van der Waals surface area contributed by atoms with Crippen molar-refractivity contribution in [1.82, 2.24) is 9.97 Å². The van der Waals surface area contributed by atoms with Gasteiger partial charge in [-0.1, -0.05) is 0 Å². The standard InChI is InChI=1S/C9H7FN2O2/c1-14-9(13)6-3-12-8-5(6)2-11-4-7(8)10/h2-4,12H,1H3. The molecule has 0 radical (unpaired) electrons. The molecule has 14 heavy (non-hydrogen) atoms. The molecule has 0 amide bonds. The SMILES string of the molecule is COC(=O)c1c[nH]c2c(F)cncc12. The quantitative estimate of drug-likeness (QED) is 0.699. The van der Waals surface area contributed by atoms with Crippen molar-refractivity contribution < 1.29 is 13.9 Å². The first-order valence-corrected chi connectivity index (χ1v) is 3.93. The molecule has 2 heterocycles. The van der Waals surface area contributed by atoms with E-state index in [1.54, 1.807) is 0 Å². The zero-order chi connectivity index (χ0) is 10.1. The fourth-order valence-corrected chi connectivity index (χ4v) is 1.29. The number of nitrogens with one attached hydrogen (secondary N) is 1. The van der Waals surface area contributed by atoms with Gasteiger partial charge >= 0.3 is 5.97 Å². The second-order valence-electron chi connectivity index (χ2n) is 2.74. The first-order chi connectivity index (χ1) is 6.74. The molecule has 2 rings (SSSR count). The molecule has 0 aromatic carbocycles. The number of carbonyl (C=O) groups excluding carboxylic acids is 1. The molecular weight excluding hydrogens is 187 g/mol. The van der Waals surface area contributed by atoms with Gasteiger partial charge in [-0.3, -0.25) is 4.98 Å². The Hall–Kier alpha value is -1.91. The predicted octanol–water partition coefficient (Wildman–Crippen LogP) is 1.49. The fourth-order valence-electron chi connectivity index (χ4n) is 1.29. The van der Waals surface area contributed by atoms with Gasteiger partial charge in [-0.2, -0.15) is 0 Å². The maximum atomic E-state index is 13.1. The number of aromatic amines is 1. The smallest absolute Gasteiger partial charge is 0.340 e. The molecule has 0 aliphatic heterocycles. The minimum Gasteiger partial charge on any atom is -0.465 e. The number of hydrogen-bond donors (Lipinski definition) is 1. The van der Waals surface area contributed by atoms with Crippen molar-refractivity contribution in [1.29, 1.82) is 0 Å². The average Bonchev–Trinajstić information content (AvgIpc) is 2.62. The van der Waals surface area contributed by atoms with Crippen LogP contribution in [0.4, 0.5) is 4.39 Å².